The maximum Gasteiger partial charge on any atom is 0.309 e. The molecule has 1 rings (SSSR count). The molecule has 0 radical (unpaired) electrons. The van der Waals surface area contributed by atoms with Crippen molar-refractivity contribution in [2.75, 3.05) is 11.3 Å². The van der Waals surface area contributed by atoms with Crippen LogP contribution in [0.1, 0.15) is 25.0 Å². The van der Waals surface area contributed by atoms with E-state index < -0.39 is 0 Å². The quantitative estimate of drug-likeness (QED) is 0.383. The fourth-order valence-electron chi connectivity index (χ4n) is 1.47. The minimum absolute atomic E-state index is 0.138. The van der Waals surface area contributed by atoms with Gasteiger partial charge in [-0.25, -0.2) is 0 Å². The summed E-state index contributed by atoms with van der Waals surface area (Å²) >= 11 is 1.16. The summed E-state index contributed by atoms with van der Waals surface area (Å²) in [6.07, 6.45) is 0. The molecule has 0 amide bonds. The standard InChI is InChI=1S/C14H20N2O2S/c1-9(2)13(17)18-8-19-14(15)16-12-10(3)6-5-7-11(12)4/h5-7,9H,8H2,1-4H3,(H2,15,16). The first-order valence-electron chi connectivity index (χ1n) is 6.13. The van der Waals surface area contributed by atoms with Gasteiger partial charge in [0.25, 0.3) is 0 Å². The number of benzene rings is 1. The van der Waals surface area contributed by atoms with E-state index in [4.69, 9.17) is 10.1 Å². The molecule has 0 saturated heterocycles. The normalized spacial score (nSPS) is 10.4. The first-order chi connectivity index (χ1) is 8.91. The number of para-hydroxylation sites is 1. The van der Waals surface area contributed by atoms with Gasteiger partial charge in [0.15, 0.2) is 5.17 Å². The van der Waals surface area contributed by atoms with E-state index >= 15 is 0 Å². The lowest BCUT2D eigenvalue weighted by Crippen LogP contribution is -2.14. The summed E-state index contributed by atoms with van der Waals surface area (Å²) in [4.78, 5) is 11.3. The van der Waals surface area contributed by atoms with E-state index in [9.17, 15) is 4.79 Å². The Morgan fingerprint density at radius 1 is 1.37 bits per heavy atom. The molecule has 19 heavy (non-hydrogen) atoms. The van der Waals surface area contributed by atoms with Crippen LogP contribution in [0.15, 0.2) is 18.2 Å². The summed E-state index contributed by atoms with van der Waals surface area (Å²) in [5.74, 6) is -0.220. The molecule has 2 N–H and O–H groups in total. The first kappa shape index (κ1) is 15.6. The highest BCUT2D eigenvalue weighted by atomic mass is 32.2. The van der Waals surface area contributed by atoms with Crippen LogP contribution < -0.4 is 5.32 Å². The Hall–Kier alpha value is -1.49. The van der Waals surface area contributed by atoms with Gasteiger partial charge in [0.05, 0.1) is 5.92 Å². The van der Waals surface area contributed by atoms with Crippen molar-refractivity contribution >= 4 is 28.6 Å². The molecule has 0 aliphatic rings. The van der Waals surface area contributed by atoms with Gasteiger partial charge in [-0.3, -0.25) is 10.2 Å². The number of hydrogen-bond acceptors (Lipinski definition) is 4. The van der Waals surface area contributed by atoms with Crippen molar-refractivity contribution in [2.24, 2.45) is 5.92 Å². The fourth-order valence-corrected chi connectivity index (χ4v) is 1.94. The van der Waals surface area contributed by atoms with Crippen LogP contribution in [0.4, 0.5) is 5.69 Å². The van der Waals surface area contributed by atoms with Crippen LogP contribution in [-0.2, 0) is 9.53 Å². The van der Waals surface area contributed by atoms with E-state index in [1.165, 1.54) is 0 Å². The molecule has 0 unspecified atom stereocenters. The molecule has 104 valence electrons. The second-order valence-corrected chi connectivity index (χ2v) is 5.53. The second kappa shape index (κ2) is 7.19. The summed E-state index contributed by atoms with van der Waals surface area (Å²) < 4.78 is 5.02. The lowest BCUT2D eigenvalue weighted by Gasteiger charge is -2.13. The molecular formula is C14H20N2O2S. The van der Waals surface area contributed by atoms with Crippen LogP contribution in [0, 0.1) is 25.2 Å². The highest BCUT2D eigenvalue weighted by Gasteiger charge is 2.09. The van der Waals surface area contributed by atoms with Crippen molar-refractivity contribution in [1.29, 1.82) is 5.41 Å². The highest BCUT2D eigenvalue weighted by molar-refractivity contribution is 8.13. The van der Waals surface area contributed by atoms with Gasteiger partial charge in [0, 0.05) is 5.69 Å². The first-order valence-corrected chi connectivity index (χ1v) is 7.11. The number of hydrogen-bond donors (Lipinski definition) is 2. The molecule has 0 spiro atoms. The molecule has 4 nitrogen and oxygen atoms in total. The predicted octanol–water partition coefficient (Wildman–Crippen LogP) is 3.54. The third-order valence-electron chi connectivity index (χ3n) is 2.60. The zero-order valence-corrected chi connectivity index (χ0v) is 12.6. The fraction of sp³-hybridized carbons (Fsp3) is 0.429. The summed E-state index contributed by atoms with van der Waals surface area (Å²) in [5.41, 5.74) is 3.12. The molecule has 5 heteroatoms. The molecule has 0 fully saturated rings. The zero-order valence-electron chi connectivity index (χ0n) is 11.7. The van der Waals surface area contributed by atoms with Crippen LogP contribution in [0.2, 0.25) is 0 Å². The minimum Gasteiger partial charge on any atom is -0.454 e. The summed E-state index contributed by atoms with van der Waals surface area (Å²) in [7, 11) is 0. The molecule has 1 aromatic rings. The van der Waals surface area contributed by atoms with Crippen LogP contribution in [-0.4, -0.2) is 17.1 Å². The number of rotatable bonds is 4. The highest BCUT2D eigenvalue weighted by Crippen LogP contribution is 2.21. The average molecular weight is 280 g/mol. The average Bonchev–Trinajstić information content (AvgIpc) is 2.33. The van der Waals surface area contributed by atoms with Crippen molar-refractivity contribution in [3.05, 3.63) is 29.3 Å². The van der Waals surface area contributed by atoms with Gasteiger partial charge in [-0.1, -0.05) is 32.0 Å². The van der Waals surface area contributed by atoms with E-state index in [1.807, 2.05) is 32.0 Å². The monoisotopic (exact) mass is 280 g/mol. The number of carbonyl (C=O) groups excluding carboxylic acids is 1. The molecule has 0 atom stereocenters. The Bertz CT molecular complexity index is 452. The minimum atomic E-state index is -0.243. The molecule has 0 aromatic heterocycles. The Kier molecular flexibility index (Phi) is 5.89. The molecule has 0 aliphatic carbocycles. The summed E-state index contributed by atoms with van der Waals surface area (Å²) in [5, 5.41) is 11.1. The third-order valence-corrected chi connectivity index (χ3v) is 3.22. The van der Waals surface area contributed by atoms with Crippen LogP contribution in [0.25, 0.3) is 0 Å². The van der Waals surface area contributed by atoms with Gasteiger partial charge in [-0.2, -0.15) is 0 Å². The van der Waals surface area contributed by atoms with Gasteiger partial charge in [0.1, 0.15) is 5.94 Å². The topological polar surface area (TPSA) is 62.2 Å². The summed E-state index contributed by atoms with van der Waals surface area (Å²) in [6, 6.07) is 5.97. The van der Waals surface area contributed by atoms with Crippen molar-refractivity contribution in [3.63, 3.8) is 0 Å². The number of aryl methyl sites for hydroxylation is 2. The lowest BCUT2D eigenvalue weighted by molar-refractivity contribution is -0.144. The molecule has 1 aromatic carbocycles. The molecule has 0 heterocycles. The SMILES string of the molecule is Cc1cccc(C)c1NC(=N)SCOC(=O)C(C)C. The predicted molar refractivity (Wildman–Crippen MR) is 80.7 cm³/mol. The second-order valence-electron chi connectivity index (χ2n) is 4.60. The molecule has 0 aliphatic heterocycles. The van der Waals surface area contributed by atoms with Gasteiger partial charge in [0.2, 0.25) is 0 Å². The van der Waals surface area contributed by atoms with Gasteiger partial charge < -0.3 is 10.1 Å². The molecule has 0 bridgehead atoms. The zero-order chi connectivity index (χ0) is 14.4. The third kappa shape index (κ3) is 4.95. The van der Waals surface area contributed by atoms with Gasteiger partial charge >= 0.3 is 5.97 Å². The summed E-state index contributed by atoms with van der Waals surface area (Å²) in [6.45, 7) is 7.55. The van der Waals surface area contributed by atoms with Gasteiger partial charge in [-0.05, 0) is 36.7 Å². The molecular weight excluding hydrogens is 260 g/mol. The Balaban J connectivity index is 2.46. The lowest BCUT2D eigenvalue weighted by atomic mass is 10.1. The Morgan fingerprint density at radius 2 is 1.95 bits per heavy atom. The van der Waals surface area contributed by atoms with E-state index in [0.717, 1.165) is 28.6 Å². The number of carbonyl (C=O) groups is 1. The maximum atomic E-state index is 11.3. The van der Waals surface area contributed by atoms with E-state index in [1.54, 1.807) is 13.8 Å². The molecule has 0 saturated carbocycles. The number of nitrogens with one attached hydrogen (secondary N) is 2. The van der Waals surface area contributed by atoms with Crippen LogP contribution in [0.3, 0.4) is 0 Å². The number of ether oxygens (including phenoxy) is 1. The number of amidine groups is 1. The van der Waals surface area contributed by atoms with Crippen LogP contribution >= 0.6 is 11.8 Å². The van der Waals surface area contributed by atoms with Gasteiger partial charge in [-0.15, -0.1) is 0 Å². The number of esters is 1. The van der Waals surface area contributed by atoms with Crippen molar-refractivity contribution in [1.82, 2.24) is 0 Å². The van der Waals surface area contributed by atoms with Crippen molar-refractivity contribution in [2.45, 2.75) is 27.7 Å². The van der Waals surface area contributed by atoms with Crippen molar-refractivity contribution in [3.8, 4) is 0 Å². The van der Waals surface area contributed by atoms with E-state index in [-0.39, 0.29) is 23.0 Å². The maximum absolute atomic E-state index is 11.3. The van der Waals surface area contributed by atoms with Crippen molar-refractivity contribution < 1.29 is 9.53 Å². The number of thioether (sulfide) groups is 1. The smallest absolute Gasteiger partial charge is 0.309 e. The van der Waals surface area contributed by atoms with E-state index in [0.29, 0.717) is 0 Å². The van der Waals surface area contributed by atoms with Crippen LogP contribution in [0.5, 0.6) is 0 Å². The number of anilines is 1. The largest absolute Gasteiger partial charge is 0.454 e. The van der Waals surface area contributed by atoms with E-state index in [2.05, 4.69) is 5.32 Å². The Labute approximate surface area is 118 Å². The Morgan fingerprint density at radius 3 is 2.47 bits per heavy atom.